The molecule has 5 nitrogen and oxygen atoms in total. The number of benzene rings is 1. The highest BCUT2D eigenvalue weighted by Crippen LogP contribution is 2.26. The molecule has 1 aromatic heterocycles. The normalized spacial score (nSPS) is 20.8. The molecule has 0 saturated carbocycles. The van der Waals surface area contributed by atoms with Crippen molar-refractivity contribution < 1.29 is 9.18 Å². The lowest BCUT2D eigenvalue weighted by molar-refractivity contribution is -0.136. The Morgan fingerprint density at radius 2 is 2.00 bits per heavy atom. The Kier molecular flexibility index (Phi) is 3.96. The Morgan fingerprint density at radius 3 is 2.79 bits per heavy atom. The second-order valence-electron chi connectivity index (χ2n) is 6.53. The Hall–Kier alpha value is -2.37. The number of fused-ring (bicyclic) bond motifs is 1. The highest BCUT2D eigenvalue weighted by atomic mass is 19.1. The summed E-state index contributed by atoms with van der Waals surface area (Å²) in [6, 6.07) is 6.83. The van der Waals surface area contributed by atoms with Crippen molar-refractivity contribution in [1.29, 1.82) is 0 Å². The average Bonchev–Trinajstić information content (AvgIpc) is 3.09. The van der Waals surface area contributed by atoms with E-state index in [1.165, 1.54) is 6.07 Å². The van der Waals surface area contributed by atoms with Gasteiger partial charge in [-0.15, -0.1) is 0 Å². The molecular weight excluding hydrogens is 307 g/mol. The van der Waals surface area contributed by atoms with E-state index in [0.29, 0.717) is 31.9 Å². The predicted octanol–water partition coefficient (Wildman–Crippen LogP) is 2.00. The average molecular weight is 328 g/mol. The van der Waals surface area contributed by atoms with Gasteiger partial charge in [-0.3, -0.25) is 4.79 Å². The summed E-state index contributed by atoms with van der Waals surface area (Å²) in [7, 11) is 0. The number of piperazine rings is 1. The lowest BCUT2D eigenvalue weighted by atomic mass is 9.88. The lowest BCUT2D eigenvalue weighted by Crippen LogP contribution is -2.51. The number of aromatic amines is 1. The number of aromatic nitrogens is 2. The molecule has 4 rings (SSSR count). The number of carbonyl (C=O) groups excluding carboxylic acids is 1. The molecule has 1 saturated heterocycles. The van der Waals surface area contributed by atoms with Gasteiger partial charge in [0.1, 0.15) is 5.82 Å². The Morgan fingerprint density at radius 1 is 1.21 bits per heavy atom. The van der Waals surface area contributed by atoms with Crippen LogP contribution in [-0.2, 0) is 17.6 Å². The molecule has 2 heterocycles. The maximum atomic E-state index is 13.9. The van der Waals surface area contributed by atoms with Crippen molar-refractivity contribution in [2.45, 2.75) is 19.3 Å². The Bertz CT molecular complexity index is 736. The van der Waals surface area contributed by atoms with Crippen molar-refractivity contribution >= 4 is 11.6 Å². The second-order valence-corrected chi connectivity index (χ2v) is 6.53. The zero-order chi connectivity index (χ0) is 16.5. The molecule has 2 aliphatic rings. The number of nitrogens with one attached hydrogen (secondary N) is 1. The number of hydrogen-bond acceptors (Lipinski definition) is 3. The zero-order valence-corrected chi connectivity index (χ0v) is 13.5. The van der Waals surface area contributed by atoms with Crippen LogP contribution in [0, 0.1) is 11.7 Å². The van der Waals surface area contributed by atoms with Gasteiger partial charge < -0.3 is 14.8 Å². The van der Waals surface area contributed by atoms with E-state index in [4.69, 9.17) is 0 Å². The molecule has 1 aromatic carbocycles. The van der Waals surface area contributed by atoms with Crippen LogP contribution >= 0.6 is 0 Å². The van der Waals surface area contributed by atoms with E-state index in [1.54, 1.807) is 18.5 Å². The number of aryl methyl sites for hydroxylation is 1. The molecule has 6 heteroatoms. The van der Waals surface area contributed by atoms with Crippen LogP contribution in [0.25, 0.3) is 0 Å². The smallest absolute Gasteiger partial charge is 0.226 e. The number of hydrogen-bond donors (Lipinski definition) is 1. The van der Waals surface area contributed by atoms with E-state index in [1.807, 2.05) is 15.9 Å². The first kappa shape index (κ1) is 15.2. The number of nitrogens with zero attached hydrogens (tertiary/aromatic N) is 3. The van der Waals surface area contributed by atoms with Gasteiger partial charge in [0.2, 0.25) is 5.91 Å². The third kappa shape index (κ3) is 2.77. The third-order valence-electron chi connectivity index (χ3n) is 5.12. The van der Waals surface area contributed by atoms with Crippen LogP contribution < -0.4 is 4.90 Å². The number of anilines is 1. The second kappa shape index (κ2) is 6.26. The minimum atomic E-state index is -0.198. The van der Waals surface area contributed by atoms with Gasteiger partial charge >= 0.3 is 0 Å². The SMILES string of the molecule is O=C([C@@H]1CCc2nc[nH]c2C1)N1CCN(c2ccccc2F)CC1. The largest absolute Gasteiger partial charge is 0.366 e. The van der Waals surface area contributed by atoms with Crippen LogP contribution in [0.15, 0.2) is 30.6 Å². The summed E-state index contributed by atoms with van der Waals surface area (Å²) >= 11 is 0. The highest BCUT2D eigenvalue weighted by molar-refractivity contribution is 5.79. The first-order valence-electron chi connectivity index (χ1n) is 8.52. The third-order valence-corrected chi connectivity index (χ3v) is 5.12. The molecule has 1 amide bonds. The summed E-state index contributed by atoms with van der Waals surface area (Å²) in [5.74, 6) is 0.0673. The highest BCUT2D eigenvalue weighted by Gasteiger charge is 2.31. The number of carbonyl (C=O) groups is 1. The molecule has 0 spiro atoms. The summed E-state index contributed by atoms with van der Waals surface area (Å²) in [6.07, 6.45) is 4.20. The molecule has 1 fully saturated rings. The summed E-state index contributed by atoms with van der Waals surface area (Å²) in [5.41, 5.74) is 2.83. The van der Waals surface area contributed by atoms with Crippen molar-refractivity contribution in [2.24, 2.45) is 5.92 Å². The maximum Gasteiger partial charge on any atom is 0.226 e. The minimum absolute atomic E-state index is 0.0398. The maximum absolute atomic E-state index is 13.9. The molecule has 1 aliphatic carbocycles. The summed E-state index contributed by atoms with van der Waals surface area (Å²) < 4.78 is 13.9. The molecule has 1 aliphatic heterocycles. The van der Waals surface area contributed by atoms with E-state index < -0.39 is 0 Å². The van der Waals surface area contributed by atoms with Crippen LogP contribution in [-0.4, -0.2) is 47.0 Å². The first-order chi connectivity index (χ1) is 11.7. The van der Waals surface area contributed by atoms with Crippen molar-refractivity contribution in [3.63, 3.8) is 0 Å². The van der Waals surface area contributed by atoms with Crippen LogP contribution in [0.5, 0.6) is 0 Å². The van der Waals surface area contributed by atoms with Gasteiger partial charge in [0, 0.05) is 44.2 Å². The van der Waals surface area contributed by atoms with Gasteiger partial charge in [-0.05, 0) is 25.0 Å². The van der Waals surface area contributed by atoms with Crippen LogP contribution in [0.3, 0.4) is 0 Å². The molecule has 1 atom stereocenters. The van der Waals surface area contributed by atoms with Crippen LogP contribution in [0.4, 0.5) is 10.1 Å². The van der Waals surface area contributed by atoms with Gasteiger partial charge in [0.15, 0.2) is 0 Å². The van der Waals surface area contributed by atoms with Crippen molar-refractivity contribution in [3.05, 3.63) is 47.8 Å². The lowest BCUT2D eigenvalue weighted by Gasteiger charge is -2.38. The van der Waals surface area contributed by atoms with Gasteiger partial charge in [0.25, 0.3) is 0 Å². The molecular formula is C18H21FN4O. The van der Waals surface area contributed by atoms with Gasteiger partial charge in [0.05, 0.1) is 17.7 Å². The fraction of sp³-hybridized carbons (Fsp3) is 0.444. The van der Waals surface area contributed by atoms with E-state index >= 15 is 0 Å². The molecule has 0 unspecified atom stereocenters. The fourth-order valence-electron chi connectivity index (χ4n) is 3.75. The quantitative estimate of drug-likeness (QED) is 0.917. The molecule has 0 bridgehead atoms. The van der Waals surface area contributed by atoms with Gasteiger partial charge in [-0.1, -0.05) is 12.1 Å². The number of H-pyrrole nitrogens is 1. The fourth-order valence-corrected chi connectivity index (χ4v) is 3.75. The molecule has 1 N–H and O–H groups in total. The summed E-state index contributed by atoms with van der Waals surface area (Å²) in [4.78, 5) is 24.2. The number of amides is 1. The topological polar surface area (TPSA) is 52.2 Å². The van der Waals surface area contributed by atoms with Gasteiger partial charge in [-0.25, -0.2) is 9.37 Å². The molecule has 126 valence electrons. The predicted molar refractivity (Wildman–Crippen MR) is 89.3 cm³/mol. The molecule has 0 radical (unpaired) electrons. The monoisotopic (exact) mass is 328 g/mol. The number of halogens is 1. The number of imidazole rings is 1. The Balaban J connectivity index is 1.38. The summed E-state index contributed by atoms with van der Waals surface area (Å²) in [6.45, 7) is 2.66. The van der Waals surface area contributed by atoms with E-state index in [-0.39, 0.29) is 17.6 Å². The number of rotatable bonds is 2. The van der Waals surface area contributed by atoms with E-state index in [2.05, 4.69) is 9.97 Å². The molecule has 2 aromatic rings. The standard InChI is InChI=1S/C18H21FN4O/c19-14-3-1-2-4-17(14)22-7-9-23(10-8-22)18(24)13-5-6-15-16(11-13)21-12-20-15/h1-4,12-13H,5-11H2,(H,20,21)/t13-/m1/s1. The Labute approximate surface area is 140 Å². The van der Waals surface area contributed by atoms with E-state index in [9.17, 15) is 9.18 Å². The van der Waals surface area contributed by atoms with Gasteiger partial charge in [-0.2, -0.15) is 0 Å². The van der Waals surface area contributed by atoms with Crippen LogP contribution in [0.1, 0.15) is 17.8 Å². The van der Waals surface area contributed by atoms with Crippen molar-refractivity contribution in [1.82, 2.24) is 14.9 Å². The van der Waals surface area contributed by atoms with Crippen molar-refractivity contribution in [2.75, 3.05) is 31.1 Å². The molecule has 24 heavy (non-hydrogen) atoms. The number of para-hydroxylation sites is 1. The minimum Gasteiger partial charge on any atom is -0.366 e. The first-order valence-corrected chi connectivity index (χ1v) is 8.52. The van der Waals surface area contributed by atoms with Crippen LogP contribution in [0.2, 0.25) is 0 Å². The zero-order valence-electron chi connectivity index (χ0n) is 13.5. The summed E-state index contributed by atoms with van der Waals surface area (Å²) in [5, 5.41) is 0. The van der Waals surface area contributed by atoms with E-state index in [0.717, 1.165) is 30.7 Å². The van der Waals surface area contributed by atoms with Crippen molar-refractivity contribution in [3.8, 4) is 0 Å².